The maximum atomic E-state index is 5.23. The Hall–Kier alpha value is -0.0800. The van der Waals surface area contributed by atoms with Crippen LogP contribution in [0.4, 0.5) is 0 Å². The van der Waals surface area contributed by atoms with E-state index in [0.29, 0.717) is 11.5 Å². The predicted molar refractivity (Wildman–Crippen MR) is 51.3 cm³/mol. The van der Waals surface area contributed by atoms with Gasteiger partial charge < -0.3 is 9.64 Å². The highest BCUT2D eigenvalue weighted by atomic mass is 16.5. The molecule has 0 aromatic heterocycles. The Labute approximate surface area is 75.9 Å². The fourth-order valence-electron chi connectivity index (χ4n) is 1.97. The molecule has 12 heavy (non-hydrogen) atoms. The number of rotatable bonds is 3. The third-order valence-corrected chi connectivity index (χ3v) is 2.81. The maximum Gasteiger partial charge on any atom is 0.0528 e. The van der Waals surface area contributed by atoms with Crippen molar-refractivity contribution in [2.75, 3.05) is 26.8 Å². The van der Waals surface area contributed by atoms with Crippen molar-refractivity contribution in [3.05, 3.63) is 0 Å². The first kappa shape index (κ1) is 10.0. The van der Waals surface area contributed by atoms with E-state index in [1.54, 1.807) is 7.11 Å². The summed E-state index contributed by atoms with van der Waals surface area (Å²) in [7, 11) is 1.79. The van der Waals surface area contributed by atoms with E-state index in [4.69, 9.17) is 4.74 Å². The lowest BCUT2D eigenvalue weighted by Gasteiger charge is -2.25. The second-order valence-corrected chi connectivity index (χ2v) is 4.56. The second kappa shape index (κ2) is 3.75. The Morgan fingerprint density at radius 2 is 2.17 bits per heavy atom. The lowest BCUT2D eigenvalue weighted by molar-refractivity contribution is 0.0929. The Kier molecular flexibility index (Phi) is 3.13. The molecule has 1 aliphatic rings. The third kappa shape index (κ3) is 2.20. The molecule has 1 aliphatic heterocycles. The molecule has 0 aromatic rings. The Balaban J connectivity index is 2.43. The molecule has 0 aromatic carbocycles. The zero-order chi connectivity index (χ0) is 9.19. The summed E-state index contributed by atoms with van der Waals surface area (Å²) in [5.41, 5.74) is 0.402. The van der Waals surface area contributed by atoms with Gasteiger partial charge in [0.1, 0.15) is 0 Å². The van der Waals surface area contributed by atoms with Crippen molar-refractivity contribution >= 4 is 0 Å². The number of likely N-dealkylation sites (tertiary alicyclic amines) is 1. The summed E-state index contributed by atoms with van der Waals surface area (Å²) in [6, 6.07) is 0.684. The van der Waals surface area contributed by atoms with Crippen LogP contribution in [0.2, 0.25) is 0 Å². The number of nitrogens with zero attached hydrogens (tertiary/aromatic N) is 1. The SMILES string of the molecule is COC[C@]1(C)CCN(C(C)C)C1. The molecule has 0 unspecified atom stereocenters. The monoisotopic (exact) mass is 171 g/mol. The fraction of sp³-hybridized carbons (Fsp3) is 1.00. The van der Waals surface area contributed by atoms with Gasteiger partial charge in [0.25, 0.3) is 0 Å². The Morgan fingerprint density at radius 1 is 1.50 bits per heavy atom. The summed E-state index contributed by atoms with van der Waals surface area (Å²) >= 11 is 0. The van der Waals surface area contributed by atoms with Crippen LogP contribution < -0.4 is 0 Å². The highest BCUT2D eigenvalue weighted by Gasteiger charge is 2.34. The standard InChI is InChI=1S/C10H21NO/c1-9(2)11-6-5-10(3,7-11)8-12-4/h9H,5-8H2,1-4H3/t10-/m1/s1. The van der Waals surface area contributed by atoms with E-state index in [1.165, 1.54) is 19.5 Å². The molecule has 2 heteroatoms. The molecule has 1 saturated heterocycles. The van der Waals surface area contributed by atoms with E-state index >= 15 is 0 Å². The Bertz CT molecular complexity index is 147. The van der Waals surface area contributed by atoms with Crippen LogP contribution in [0.3, 0.4) is 0 Å². The normalized spacial score (nSPS) is 31.8. The summed E-state index contributed by atoms with van der Waals surface area (Å²) in [6.07, 6.45) is 1.28. The average Bonchev–Trinajstić information content (AvgIpc) is 2.33. The molecule has 1 atom stereocenters. The molecule has 0 aliphatic carbocycles. The van der Waals surface area contributed by atoms with Gasteiger partial charge in [0.15, 0.2) is 0 Å². The minimum atomic E-state index is 0.402. The molecular formula is C10H21NO. The van der Waals surface area contributed by atoms with E-state index in [-0.39, 0.29) is 0 Å². The second-order valence-electron chi connectivity index (χ2n) is 4.56. The molecule has 0 saturated carbocycles. The summed E-state index contributed by atoms with van der Waals surface area (Å²) in [5, 5.41) is 0. The van der Waals surface area contributed by atoms with Crippen LogP contribution in [0, 0.1) is 5.41 Å². The maximum absolute atomic E-state index is 5.23. The van der Waals surface area contributed by atoms with Gasteiger partial charge >= 0.3 is 0 Å². The van der Waals surface area contributed by atoms with Crippen LogP contribution in [0.25, 0.3) is 0 Å². The largest absolute Gasteiger partial charge is 0.384 e. The summed E-state index contributed by atoms with van der Waals surface area (Å²) in [6.45, 7) is 10.2. The van der Waals surface area contributed by atoms with Gasteiger partial charge in [-0.15, -0.1) is 0 Å². The summed E-state index contributed by atoms with van der Waals surface area (Å²) in [5.74, 6) is 0. The van der Waals surface area contributed by atoms with Crippen molar-refractivity contribution in [3.8, 4) is 0 Å². The number of hydrogen-bond donors (Lipinski definition) is 0. The molecule has 0 radical (unpaired) electrons. The van der Waals surface area contributed by atoms with E-state index in [1.807, 2.05) is 0 Å². The van der Waals surface area contributed by atoms with Gasteiger partial charge in [-0.05, 0) is 26.8 Å². The molecule has 0 amide bonds. The van der Waals surface area contributed by atoms with Gasteiger partial charge in [-0.2, -0.15) is 0 Å². The zero-order valence-corrected chi connectivity index (χ0v) is 8.76. The van der Waals surface area contributed by atoms with E-state index in [9.17, 15) is 0 Å². The lowest BCUT2D eigenvalue weighted by Crippen LogP contribution is -2.32. The van der Waals surface area contributed by atoms with Gasteiger partial charge in [-0.1, -0.05) is 6.92 Å². The molecule has 1 rings (SSSR count). The van der Waals surface area contributed by atoms with Crippen molar-refractivity contribution < 1.29 is 4.74 Å². The van der Waals surface area contributed by atoms with Crippen molar-refractivity contribution in [3.63, 3.8) is 0 Å². The molecule has 1 fully saturated rings. The zero-order valence-electron chi connectivity index (χ0n) is 8.76. The van der Waals surface area contributed by atoms with Gasteiger partial charge in [0.2, 0.25) is 0 Å². The van der Waals surface area contributed by atoms with Crippen LogP contribution >= 0.6 is 0 Å². The molecule has 1 heterocycles. The van der Waals surface area contributed by atoms with Crippen molar-refractivity contribution in [2.45, 2.75) is 33.2 Å². The molecule has 2 nitrogen and oxygen atoms in total. The molecule has 0 bridgehead atoms. The van der Waals surface area contributed by atoms with Crippen molar-refractivity contribution in [2.24, 2.45) is 5.41 Å². The number of ether oxygens (including phenoxy) is 1. The molecular weight excluding hydrogens is 150 g/mol. The van der Waals surface area contributed by atoms with Crippen LogP contribution in [0.15, 0.2) is 0 Å². The van der Waals surface area contributed by atoms with E-state index < -0.39 is 0 Å². The molecule has 0 spiro atoms. The third-order valence-electron chi connectivity index (χ3n) is 2.81. The minimum absolute atomic E-state index is 0.402. The highest BCUT2D eigenvalue weighted by Crippen LogP contribution is 2.30. The summed E-state index contributed by atoms with van der Waals surface area (Å²) < 4.78 is 5.23. The topological polar surface area (TPSA) is 12.5 Å². The number of hydrogen-bond acceptors (Lipinski definition) is 2. The van der Waals surface area contributed by atoms with Gasteiger partial charge in [-0.25, -0.2) is 0 Å². The van der Waals surface area contributed by atoms with Gasteiger partial charge in [0.05, 0.1) is 6.61 Å². The summed E-state index contributed by atoms with van der Waals surface area (Å²) in [4.78, 5) is 2.53. The van der Waals surface area contributed by atoms with Gasteiger partial charge in [-0.3, -0.25) is 0 Å². The van der Waals surface area contributed by atoms with Crippen LogP contribution in [0.1, 0.15) is 27.2 Å². The predicted octanol–water partition coefficient (Wildman–Crippen LogP) is 1.75. The van der Waals surface area contributed by atoms with E-state index in [2.05, 4.69) is 25.7 Å². The van der Waals surface area contributed by atoms with Gasteiger partial charge in [0, 0.05) is 25.1 Å². The molecule has 72 valence electrons. The van der Waals surface area contributed by atoms with Crippen molar-refractivity contribution in [1.82, 2.24) is 4.90 Å². The smallest absolute Gasteiger partial charge is 0.0528 e. The number of methoxy groups -OCH3 is 1. The van der Waals surface area contributed by atoms with Crippen LogP contribution in [0.5, 0.6) is 0 Å². The van der Waals surface area contributed by atoms with Crippen LogP contribution in [-0.2, 0) is 4.74 Å². The average molecular weight is 171 g/mol. The first-order valence-electron chi connectivity index (χ1n) is 4.80. The first-order chi connectivity index (χ1) is 5.57. The lowest BCUT2D eigenvalue weighted by atomic mass is 9.91. The minimum Gasteiger partial charge on any atom is -0.384 e. The van der Waals surface area contributed by atoms with Crippen LogP contribution in [-0.4, -0.2) is 37.7 Å². The molecule has 0 N–H and O–H groups in total. The fourth-order valence-corrected chi connectivity index (χ4v) is 1.97. The quantitative estimate of drug-likeness (QED) is 0.641. The van der Waals surface area contributed by atoms with Crippen molar-refractivity contribution in [1.29, 1.82) is 0 Å². The Morgan fingerprint density at radius 3 is 2.58 bits per heavy atom. The highest BCUT2D eigenvalue weighted by molar-refractivity contribution is 4.87. The first-order valence-corrected chi connectivity index (χ1v) is 4.80. The van der Waals surface area contributed by atoms with E-state index in [0.717, 1.165) is 6.61 Å².